The molecule has 0 bridgehead atoms. The topological polar surface area (TPSA) is 57.7 Å². The summed E-state index contributed by atoms with van der Waals surface area (Å²) in [7, 11) is 0. The highest BCUT2D eigenvalue weighted by molar-refractivity contribution is 6.12. The van der Waals surface area contributed by atoms with Crippen LogP contribution in [-0.2, 0) is 14.4 Å². The summed E-state index contributed by atoms with van der Waals surface area (Å²) >= 11 is 0. The Bertz CT molecular complexity index is 5370. The molecule has 3 rings (SSSR count). The Morgan fingerprint density at radius 3 is 0.980 bits per heavy atom. The van der Waals surface area contributed by atoms with E-state index in [1.165, 1.54) is 42.7 Å². The number of rotatable bonds is 20. The lowest BCUT2D eigenvalue weighted by atomic mass is 9.84. The highest BCUT2D eigenvalue weighted by atomic mass is 16.2. The largest absolute Gasteiger partial charge is 0.316 e. The average molecular weight is 1280 g/mol. The molecule has 1 aliphatic carbocycles. The summed E-state index contributed by atoms with van der Waals surface area (Å²) in [4.78, 5) is 41.2. The van der Waals surface area contributed by atoms with E-state index in [1.54, 1.807) is 0 Å². The van der Waals surface area contributed by atoms with Crippen LogP contribution >= 0.6 is 0 Å². The molecule has 5 nitrogen and oxygen atoms in total. The third-order valence-corrected chi connectivity index (χ3v) is 13.0. The van der Waals surface area contributed by atoms with Gasteiger partial charge in [-0.15, -0.1) is 12.8 Å². The molecule has 0 N–H and O–H groups in total. The lowest BCUT2D eigenvalue weighted by Gasteiger charge is -2.25. The number of carbonyl (C=O) groups excluding carboxylic acids is 3. The van der Waals surface area contributed by atoms with E-state index in [9.17, 15) is 14.4 Å². The van der Waals surface area contributed by atoms with E-state index in [-0.39, 0.29) is 47.9 Å². The first-order chi connectivity index (χ1) is 49.3. The Hall–Kier alpha value is -15.5. The minimum atomic E-state index is -0.365. The van der Waals surface area contributed by atoms with E-state index in [1.807, 2.05) is 4.90 Å². The minimum absolute atomic E-state index is 0.0591. The fraction of sp³-hybridized carbons (Fsp3) is 0.253. The predicted octanol–water partition coefficient (Wildman–Crippen LogP) is 11.8. The molecule has 4 unspecified atom stereocenters. The average Bonchev–Trinajstić information content (AvgIpc) is 1.64. The number of allylic oxidation sites excluding steroid dienone is 3. The van der Waals surface area contributed by atoms with Crippen molar-refractivity contribution >= 4 is 17.7 Å². The van der Waals surface area contributed by atoms with E-state index in [2.05, 4.69) is 374 Å². The summed E-state index contributed by atoms with van der Waals surface area (Å²) in [6.45, 7) is 16.1. The summed E-state index contributed by atoms with van der Waals surface area (Å²) < 4.78 is 0. The maximum Gasteiger partial charge on any atom is 0.253 e. The van der Waals surface area contributed by atoms with Crippen LogP contribution in [0.4, 0.5) is 0 Å². The van der Waals surface area contributed by atoms with Gasteiger partial charge in [0.15, 0.2) is 0 Å². The number of unbranched alkanes of at least 4 members (excludes halogenated alkanes) is 10. The van der Waals surface area contributed by atoms with Crippen molar-refractivity contribution in [3.8, 4) is 238 Å². The molecule has 0 spiro atoms. The molecule has 5 heteroatoms. The smallest absolute Gasteiger partial charge is 0.253 e. The van der Waals surface area contributed by atoms with Crippen molar-refractivity contribution in [3.05, 3.63) is 164 Å². The fourth-order valence-electron chi connectivity index (χ4n) is 8.53. The molecule has 3 aliphatic rings. The summed E-state index contributed by atoms with van der Waals surface area (Å²) in [5.41, 5.74) is 49.8. The maximum atomic E-state index is 13.5. The zero-order valence-corrected chi connectivity index (χ0v) is 55.7. The van der Waals surface area contributed by atoms with Crippen molar-refractivity contribution in [3.63, 3.8) is 0 Å². The molecular weight excluding hydrogens is 1220 g/mol. The van der Waals surface area contributed by atoms with Crippen LogP contribution in [0, 0.1) is 261 Å². The number of fused-ring (bicyclic) bond motifs is 1. The summed E-state index contributed by atoms with van der Waals surface area (Å²) in [5, 5.41) is 0. The third kappa shape index (κ3) is 40.4. The fourth-order valence-corrected chi connectivity index (χ4v) is 8.53. The van der Waals surface area contributed by atoms with Crippen molar-refractivity contribution in [2.45, 2.75) is 117 Å². The van der Waals surface area contributed by atoms with E-state index in [0.29, 0.717) is 24.1 Å². The molecule has 1 fully saturated rings. The monoisotopic (exact) mass is 1270 g/mol. The van der Waals surface area contributed by atoms with Crippen LogP contribution in [0.1, 0.15) is 117 Å². The standard InChI is InChI=1S/C50H33NO.C45H25NO2/c1-5-8-11-14-17-19-20-21-22-23-24-25-26-27-28-30-33-35-40-46(39-34-32-29-18-15-12-9-6-2)47(41-36-31-16-13-10-7-3)44-51-45(4)48-42-37-38-43-49(48)50(51)52;1-4-7-10-13-16-18-19-20-21-22-23-24-25-26-27-29-32-34-37-42(36-33-31-28-17-14-11-8-5-2)43(38-35-30-15-12-9-6-3)41-46-44(47)39-40-45(46)48/h1,37-38,47-49H,2,4,7,10,13,16,31,36,41-44H2,3H3;1,39-40,43H,2,6,9,12,15,30,35,38,41H2,3H3. The number of imide groups is 1. The molecule has 0 aromatic carbocycles. The van der Waals surface area contributed by atoms with Gasteiger partial charge in [0.25, 0.3) is 11.8 Å². The molecule has 2 aliphatic heterocycles. The highest BCUT2D eigenvalue weighted by Gasteiger charge is 2.44. The van der Waals surface area contributed by atoms with Crippen LogP contribution in [0.25, 0.3) is 0 Å². The van der Waals surface area contributed by atoms with Gasteiger partial charge in [0.2, 0.25) is 5.91 Å². The Morgan fingerprint density at radius 1 is 0.380 bits per heavy atom. The third-order valence-electron chi connectivity index (χ3n) is 13.0. The van der Waals surface area contributed by atoms with Crippen LogP contribution in [0.5, 0.6) is 0 Å². The first kappa shape index (κ1) is 80.6. The SMILES string of the molecule is C#CC#CC#CC#CC#CC#CC#CC#CC#CC#CC(=C=C=C=C=C=C=C=C=C=C)C(CCCCCCCC)CN1C(=C)C2CC=CCC2C1=O.C#CC#CC#CC#CC#CC#CC#CC#CC#CC#CC(=C=C=C=C=C=C=C=C=C=C)C(CCCCCCCC)CN1C(=O)C=CC1=O. The van der Waals surface area contributed by atoms with Gasteiger partial charge in [0.1, 0.15) is 0 Å². The molecule has 0 aromatic heterocycles. The molecule has 3 amide bonds. The molecule has 0 saturated carbocycles. The molecule has 1 saturated heterocycles. The Morgan fingerprint density at radius 2 is 0.660 bits per heavy atom. The van der Waals surface area contributed by atoms with Gasteiger partial charge in [-0.2, -0.15) is 0 Å². The van der Waals surface area contributed by atoms with Gasteiger partial charge in [-0.25, -0.2) is 0 Å². The molecular formula is C95H58N2O3. The summed E-state index contributed by atoms with van der Waals surface area (Å²) in [6.07, 6.45) is 33.1. The first-order valence-electron chi connectivity index (χ1n) is 31.2. The van der Waals surface area contributed by atoms with E-state index in [0.717, 1.165) is 76.3 Å². The molecule has 4 atom stereocenters. The zero-order chi connectivity index (χ0) is 72.1. The Labute approximate surface area is 593 Å². The van der Waals surface area contributed by atoms with Gasteiger partial charge < -0.3 is 4.90 Å². The van der Waals surface area contributed by atoms with Crippen LogP contribution in [0.15, 0.2) is 164 Å². The number of amides is 3. The number of nitrogens with zero attached hydrogens (tertiary/aromatic N) is 2. The lowest BCUT2D eigenvalue weighted by Crippen LogP contribution is -2.35. The van der Waals surface area contributed by atoms with Gasteiger partial charge in [0, 0.05) is 72.4 Å². The van der Waals surface area contributed by atoms with Crippen LogP contribution in [0.3, 0.4) is 0 Å². The molecule has 2 heterocycles. The van der Waals surface area contributed by atoms with Gasteiger partial charge >= 0.3 is 0 Å². The number of terminal acetylenes is 2. The molecule has 466 valence electrons. The van der Waals surface area contributed by atoms with Gasteiger partial charge in [-0.1, -0.05) is 121 Å². The van der Waals surface area contributed by atoms with Crippen molar-refractivity contribution < 1.29 is 14.4 Å². The predicted molar refractivity (Wildman–Crippen MR) is 394 cm³/mol. The molecule has 0 radical (unpaired) electrons. The number of likely N-dealkylation sites (tertiary alicyclic amines) is 1. The van der Waals surface area contributed by atoms with Gasteiger partial charge in [-0.05, 0) is 332 Å². The van der Waals surface area contributed by atoms with E-state index < -0.39 is 0 Å². The van der Waals surface area contributed by atoms with Gasteiger partial charge in [-0.3, -0.25) is 19.3 Å². The van der Waals surface area contributed by atoms with Crippen molar-refractivity contribution in [1.82, 2.24) is 9.80 Å². The van der Waals surface area contributed by atoms with Crippen LogP contribution < -0.4 is 0 Å². The van der Waals surface area contributed by atoms with E-state index >= 15 is 0 Å². The number of hydrogen-bond donors (Lipinski definition) is 0. The number of hydrogen-bond acceptors (Lipinski definition) is 3. The van der Waals surface area contributed by atoms with E-state index in [4.69, 9.17) is 12.8 Å². The molecule has 100 heavy (non-hydrogen) atoms. The quantitative estimate of drug-likeness (QED) is 0.0401. The second-order valence-electron chi connectivity index (χ2n) is 19.7. The molecule has 0 aromatic rings. The lowest BCUT2D eigenvalue weighted by molar-refractivity contribution is -0.137. The summed E-state index contributed by atoms with van der Waals surface area (Å²) in [6, 6.07) is 0. The first-order valence-corrected chi connectivity index (χ1v) is 31.2. The maximum absolute atomic E-state index is 13.5. The van der Waals surface area contributed by atoms with Crippen LogP contribution in [0.2, 0.25) is 0 Å². The Kier molecular flexibility index (Phi) is 47.3. The van der Waals surface area contributed by atoms with Crippen LogP contribution in [-0.4, -0.2) is 40.6 Å². The highest BCUT2D eigenvalue weighted by Crippen LogP contribution is 2.41. The second kappa shape index (κ2) is 58.6. The zero-order valence-electron chi connectivity index (χ0n) is 55.7. The van der Waals surface area contributed by atoms with Crippen molar-refractivity contribution in [2.24, 2.45) is 23.7 Å². The van der Waals surface area contributed by atoms with Gasteiger partial charge in [0.05, 0.1) is 17.1 Å². The normalized spacial score (nSPS) is 11.2. The van der Waals surface area contributed by atoms with Crippen molar-refractivity contribution in [1.29, 1.82) is 0 Å². The Balaban J connectivity index is 0.000000683. The summed E-state index contributed by atoms with van der Waals surface area (Å²) in [5.74, 6) is 96.1. The van der Waals surface area contributed by atoms with Crippen molar-refractivity contribution in [2.75, 3.05) is 13.1 Å². The minimum Gasteiger partial charge on any atom is -0.316 e. The number of carbonyl (C=O) groups is 3. The second-order valence-corrected chi connectivity index (χ2v) is 19.7.